The highest BCUT2D eigenvalue weighted by atomic mass is 19.1. The Bertz CT molecular complexity index is 1580. The number of rotatable bonds is 5. The van der Waals surface area contributed by atoms with E-state index in [0.29, 0.717) is 40.3 Å². The number of pyridine rings is 1. The van der Waals surface area contributed by atoms with Crippen LogP contribution in [0, 0.1) is 19.7 Å². The van der Waals surface area contributed by atoms with Gasteiger partial charge in [-0.2, -0.15) is 5.10 Å². The highest BCUT2D eigenvalue weighted by Crippen LogP contribution is 2.28. The van der Waals surface area contributed by atoms with Crippen LogP contribution in [0.25, 0.3) is 22.4 Å². The second-order valence-corrected chi connectivity index (χ2v) is 7.99. The van der Waals surface area contributed by atoms with Crippen LogP contribution in [0.2, 0.25) is 0 Å². The molecule has 0 unspecified atom stereocenters. The second-order valence-electron chi connectivity index (χ2n) is 7.99. The minimum Gasteiger partial charge on any atom is -0.494 e. The average molecular weight is 459 g/mol. The van der Waals surface area contributed by atoms with Crippen LogP contribution in [0.5, 0.6) is 5.75 Å². The Hall–Kier alpha value is -4.34. The second kappa shape index (κ2) is 8.54. The number of aryl methyl sites for hydroxylation is 3. The van der Waals surface area contributed by atoms with Gasteiger partial charge in [0.25, 0.3) is 0 Å². The van der Waals surface area contributed by atoms with Crippen LogP contribution in [-0.2, 0) is 13.6 Å². The lowest BCUT2D eigenvalue weighted by Crippen LogP contribution is -2.23. The number of methoxy groups -OCH3 is 1. The summed E-state index contributed by atoms with van der Waals surface area (Å²) in [5.74, 6) is 0.287. The van der Waals surface area contributed by atoms with Gasteiger partial charge in [0.1, 0.15) is 28.1 Å². The molecule has 0 saturated carbocycles. The van der Waals surface area contributed by atoms with E-state index in [-0.39, 0.29) is 11.4 Å². The van der Waals surface area contributed by atoms with Crippen LogP contribution in [-0.4, -0.2) is 36.6 Å². The van der Waals surface area contributed by atoms with Gasteiger partial charge >= 0.3 is 0 Å². The van der Waals surface area contributed by atoms with Crippen molar-refractivity contribution in [3.05, 3.63) is 77.2 Å². The number of hydrogen-bond donors (Lipinski definition) is 0. The van der Waals surface area contributed by atoms with E-state index in [1.165, 1.54) is 7.11 Å². The zero-order valence-corrected chi connectivity index (χ0v) is 19.2. The third-order valence-corrected chi connectivity index (χ3v) is 5.32. The molecule has 1 aromatic carbocycles. The van der Waals surface area contributed by atoms with Crippen LogP contribution in [0.3, 0.4) is 0 Å². The highest BCUT2D eigenvalue weighted by molar-refractivity contribution is 5.73. The van der Waals surface area contributed by atoms with E-state index in [2.05, 4.69) is 20.2 Å². The zero-order chi connectivity index (χ0) is 23.8. The molecule has 9 nitrogen and oxygen atoms in total. The van der Waals surface area contributed by atoms with Crippen molar-refractivity contribution in [2.45, 2.75) is 20.4 Å². The van der Waals surface area contributed by atoms with E-state index in [4.69, 9.17) is 14.2 Å². The van der Waals surface area contributed by atoms with Crippen LogP contribution in [0.15, 0.2) is 58.4 Å². The Labute approximate surface area is 194 Å². The number of nitrogens with zero attached hydrogens (tertiary/aromatic N) is 7. The first-order valence-electron chi connectivity index (χ1n) is 10.6. The summed E-state index contributed by atoms with van der Waals surface area (Å²) in [4.78, 5) is 14.1. The number of halogens is 1. The molecule has 4 aromatic heterocycles. The monoisotopic (exact) mass is 459 g/mol. The molecule has 5 rings (SSSR count). The summed E-state index contributed by atoms with van der Waals surface area (Å²) < 4.78 is 29.0. The summed E-state index contributed by atoms with van der Waals surface area (Å²) in [7, 11) is 3.27. The SMILES string of the molecule is COc1cc(C)cc(N=c2ccc3ncc(-c4cnn(C)c4)nc3n2Cc2cc(C)on2)c1F. The summed E-state index contributed by atoms with van der Waals surface area (Å²) in [5, 5.41) is 8.34. The lowest BCUT2D eigenvalue weighted by molar-refractivity contribution is 0.386. The molecule has 34 heavy (non-hydrogen) atoms. The van der Waals surface area contributed by atoms with Crippen molar-refractivity contribution >= 4 is 16.9 Å². The molecule has 0 bridgehead atoms. The molecule has 0 fully saturated rings. The summed E-state index contributed by atoms with van der Waals surface area (Å²) in [6.07, 6.45) is 5.29. The van der Waals surface area contributed by atoms with E-state index in [0.717, 1.165) is 11.1 Å². The van der Waals surface area contributed by atoms with E-state index in [1.54, 1.807) is 35.3 Å². The van der Waals surface area contributed by atoms with Gasteiger partial charge in [-0.1, -0.05) is 5.16 Å². The Morgan fingerprint density at radius 3 is 2.71 bits per heavy atom. The molecule has 0 spiro atoms. The molecule has 0 radical (unpaired) electrons. The Balaban J connectivity index is 1.76. The van der Waals surface area contributed by atoms with Gasteiger partial charge in [0.2, 0.25) is 0 Å². The molecule has 0 aliphatic heterocycles. The fourth-order valence-electron chi connectivity index (χ4n) is 3.73. The molecule has 0 aliphatic rings. The number of aromatic nitrogens is 6. The van der Waals surface area contributed by atoms with E-state index < -0.39 is 5.82 Å². The van der Waals surface area contributed by atoms with Crippen LogP contribution >= 0.6 is 0 Å². The van der Waals surface area contributed by atoms with Gasteiger partial charge in [0, 0.05) is 24.9 Å². The molecule has 0 aliphatic carbocycles. The van der Waals surface area contributed by atoms with Crippen LogP contribution in [0.1, 0.15) is 17.0 Å². The summed E-state index contributed by atoms with van der Waals surface area (Å²) in [5.41, 5.74) is 4.88. The Morgan fingerprint density at radius 2 is 2.00 bits per heavy atom. The largest absolute Gasteiger partial charge is 0.494 e. The van der Waals surface area contributed by atoms with Gasteiger partial charge in [-0.3, -0.25) is 9.67 Å². The van der Waals surface area contributed by atoms with Gasteiger partial charge in [0.05, 0.1) is 31.7 Å². The van der Waals surface area contributed by atoms with E-state index in [1.807, 2.05) is 43.8 Å². The zero-order valence-electron chi connectivity index (χ0n) is 19.2. The van der Waals surface area contributed by atoms with Crippen LogP contribution in [0.4, 0.5) is 10.1 Å². The minimum absolute atomic E-state index is 0.136. The van der Waals surface area contributed by atoms with Crippen molar-refractivity contribution in [1.82, 2.24) is 29.5 Å². The van der Waals surface area contributed by atoms with Crippen molar-refractivity contribution in [1.29, 1.82) is 0 Å². The fourth-order valence-corrected chi connectivity index (χ4v) is 3.73. The fraction of sp³-hybridized carbons (Fsp3) is 0.208. The van der Waals surface area contributed by atoms with E-state index >= 15 is 4.39 Å². The molecule has 0 atom stereocenters. The standard InChI is InChI=1S/C24H22FN7O2/c1-14-7-19(23(25)21(8-14)33-4)28-22-6-5-18-24(32(22)13-17-9-15(2)34-30-17)29-20(11-26-18)16-10-27-31(3)12-16/h5-12H,13H2,1-4H3. The molecular weight excluding hydrogens is 437 g/mol. The van der Waals surface area contributed by atoms with Crippen molar-refractivity contribution in [2.75, 3.05) is 7.11 Å². The molecular formula is C24H22FN7O2. The average Bonchev–Trinajstić information content (AvgIpc) is 3.44. The number of hydrogen-bond acceptors (Lipinski definition) is 7. The summed E-state index contributed by atoms with van der Waals surface area (Å²) in [6, 6.07) is 8.73. The Kier molecular flexibility index (Phi) is 5.40. The number of fused-ring (bicyclic) bond motifs is 1. The highest BCUT2D eigenvalue weighted by Gasteiger charge is 2.13. The summed E-state index contributed by atoms with van der Waals surface area (Å²) in [6.45, 7) is 3.99. The van der Waals surface area contributed by atoms with Crippen molar-refractivity contribution in [3.63, 3.8) is 0 Å². The Morgan fingerprint density at radius 1 is 1.15 bits per heavy atom. The molecule has 10 heteroatoms. The molecule has 172 valence electrons. The molecule has 0 amide bonds. The number of ether oxygens (including phenoxy) is 1. The van der Waals surface area contributed by atoms with E-state index in [9.17, 15) is 0 Å². The quantitative estimate of drug-likeness (QED) is 0.396. The van der Waals surface area contributed by atoms with Crippen LogP contribution < -0.4 is 10.2 Å². The maximum atomic E-state index is 15.0. The van der Waals surface area contributed by atoms with Gasteiger partial charge in [-0.05, 0) is 43.7 Å². The number of benzene rings is 1. The molecule has 0 saturated heterocycles. The predicted molar refractivity (Wildman–Crippen MR) is 123 cm³/mol. The first-order chi connectivity index (χ1) is 16.4. The minimum atomic E-state index is -0.535. The molecule has 4 heterocycles. The van der Waals surface area contributed by atoms with Gasteiger partial charge in [-0.15, -0.1) is 0 Å². The lowest BCUT2D eigenvalue weighted by Gasteiger charge is -2.11. The first-order valence-corrected chi connectivity index (χ1v) is 10.6. The van der Waals surface area contributed by atoms with Gasteiger partial charge in [0.15, 0.2) is 17.2 Å². The van der Waals surface area contributed by atoms with Crippen molar-refractivity contribution in [2.24, 2.45) is 12.0 Å². The molecule has 0 N–H and O–H groups in total. The third-order valence-electron chi connectivity index (χ3n) is 5.32. The lowest BCUT2D eigenvalue weighted by atomic mass is 10.2. The smallest absolute Gasteiger partial charge is 0.190 e. The topological polar surface area (TPSA) is 96.2 Å². The van der Waals surface area contributed by atoms with Crippen molar-refractivity contribution in [3.8, 4) is 17.0 Å². The first kappa shape index (κ1) is 21.5. The molecule has 5 aromatic rings. The normalized spacial score (nSPS) is 12.0. The van der Waals surface area contributed by atoms with Gasteiger partial charge < -0.3 is 13.8 Å². The van der Waals surface area contributed by atoms with Gasteiger partial charge in [-0.25, -0.2) is 14.4 Å². The van der Waals surface area contributed by atoms with Crippen molar-refractivity contribution < 1.29 is 13.7 Å². The maximum Gasteiger partial charge on any atom is 0.190 e. The third kappa shape index (κ3) is 4.05. The maximum absolute atomic E-state index is 15.0. The predicted octanol–water partition coefficient (Wildman–Crippen LogP) is 3.87. The summed E-state index contributed by atoms with van der Waals surface area (Å²) >= 11 is 0.